The van der Waals surface area contributed by atoms with Crippen LogP contribution in [0.2, 0.25) is 0 Å². The van der Waals surface area contributed by atoms with Crippen molar-refractivity contribution < 1.29 is 23.9 Å². The zero-order valence-corrected chi connectivity index (χ0v) is 22.5. The van der Waals surface area contributed by atoms with Gasteiger partial charge in [0.05, 0.1) is 18.4 Å². The van der Waals surface area contributed by atoms with E-state index in [1.807, 2.05) is 4.90 Å². The van der Waals surface area contributed by atoms with Gasteiger partial charge in [-0.05, 0) is 30.7 Å². The summed E-state index contributed by atoms with van der Waals surface area (Å²) in [6, 6.07) is 10.6. The number of rotatable bonds is 11. The molecule has 0 saturated heterocycles. The van der Waals surface area contributed by atoms with Gasteiger partial charge in [-0.15, -0.1) is 0 Å². The third kappa shape index (κ3) is 8.20. The molecule has 0 bridgehead atoms. The Morgan fingerprint density at radius 1 is 0.953 bits per heavy atom. The Labute approximate surface area is 243 Å². The molecular weight excluding hydrogens is 560 g/mol. The lowest BCUT2D eigenvalue weighted by Gasteiger charge is -2.20. The largest absolute Gasteiger partial charge is 0.432 e. The summed E-state index contributed by atoms with van der Waals surface area (Å²) in [6.07, 6.45) is -2.73. The van der Waals surface area contributed by atoms with Crippen molar-refractivity contribution in [3.05, 3.63) is 41.7 Å². The van der Waals surface area contributed by atoms with Crippen LogP contribution in [0.3, 0.4) is 0 Å². The third-order valence-corrected chi connectivity index (χ3v) is 5.65. The van der Waals surface area contributed by atoms with Crippen molar-refractivity contribution in [3.63, 3.8) is 0 Å². The molecule has 3 aromatic rings. The molecule has 0 saturated carbocycles. The van der Waals surface area contributed by atoms with E-state index >= 15 is 0 Å². The van der Waals surface area contributed by atoms with E-state index in [4.69, 9.17) is 37.3 Å². The van der Waals surface area contributed by atoms with E-state index in [-0.39, 0.29) is 29.4 Å². The number of fused-ring (bicyclic) bond motifs is 1. The zero-order valence-electron chi connectivity index (χ0n) is 22.5. The first-order valence-corrected chi connectivity index (χ1v) is 12.2. The van der Waals surface area contributed by atoms with E-state index in [2.05, 4.69) is 30.0 Å². The van der Waals surface area contributed by atoms with Crippen LogP contribution in [0.1, 0.15) is 28.9 Å². The fraction of sp³-hybridized carbons (Fsp3) is 0.269. The molecular formula is C26H22N12O5. The Bertz CT molecular complexity index is 1670. The minimum atomic E-state index is -1.75. The summed E-state index contributed by atoms with van der Waals surface area (Å²) < 4.78 is 9.42. The maximum atomic E-state index is 12.9. The summed E-state index contributed by atoms with van der Waals surface area (Å²) in [7, 11) is 1.78. The van der Waals surface area contributed by atoms with Crippen molar-refractivity contribution in [2.24, 2.45) is 0 Å². The van der Waals surface area contributed by atoms with Gasteiger partial charge in [0, 0.05) is 24.7 Å². The van der Waals surface area contributed by atoms with Crippen molar-refractivity contribution >= 4 is 46.5 Å². The lowest BCUT2D eigenvalue weighted by molar-refractivity contribution is -0.148. The van der Waals surface area contributed by atoms with Gasteiger partial charge in [0.1, 0.15) is 30.3 Å². The summed E-state index contributed by atoms with van der Waals surface area (Å²) in [4.78, 5) is 55.9. The number of nitrogens with one attached hydrogen (secondary N) is 1. The molecule has 17 nitrogen and oxygen atoms in total. The highest BCUT2D eigenvalue weighted by atomic mass is 16.5. The van der Waals surface area contributed by atoms with E-state index in [9.17, 15) is 14.4 Å². The molecule has 216 valence electrons. The third-order valence-electron chi connectivity index (χ3n) is 5.65. The minimum Gasteiger partial charge on any atom is -0.432 e. The second-order valence-electron chi connectivity index (χ2n) is 8.67. The van der Waals surface area contributed by atoms with Gasteiger partial charge in [-0.25, -0.2) is 14.8 Å². The summed E-state index contributed by atoms with van der Waals surface area (Å²) in [6.45, 7) is 0.305. The van der Waals surface area contributed by atoms with Crippen molar-refractivity contribution in [2.75, 3.05) is 23.4 Å². The predicted molar refractivity (Wildman–Crippen MR) is 145 cm³/mol. The first-order chi connectivity index (χ1) is 20.6. The number of nitriles is 4. The highest BCUT2D eigenvalue weighted by Gasteiger charge is 2.27. The Kier molecular flexibility index (Phi) is 10.2. The highest BCUT2D eigenvalue weighted by molar-refractivity contribution is 5.97. The van der Waals surface area contributed by atoms with Crippen molar-refractivity contribution in [2.45, 2.75) is 37.6 Å². The average Bonchev–Trinajstić information content (AvgIpc) is 3.00. The van der Waals surface area contributed by atoms with E-state index < -0.39 is 42.5 Å². The first-order valence-electron chi connectivity index (χ1n) is 12.2. The number of nitrogens with zero attached hydrogens (tertiary/aromatic N) is 9. The van der Waals surface area contributed by atoms with Crippen LogP contribution >= 0.6 is 0 Å². The number of hydrogen-bond donors (Lipinski definition) is 3. The van der Waals surface area contributed by atoms with Crippen LogP contribution in [0.25, 0.3) is 11.2 Å². The fourth-order valence-electron chi connectivity index (χ4n) is 3.57. The number of hydrogen-bond acceptors (Lipinski definition) is 16. The summed E-state index contributed by atoms with van der Waals surface area (Å²) in [5.74, 6) is -2.78. The van der Waals surface area contributed by atoms with Gasteiger partial charge in [0.2, 0.25) is 5.95 Å². The number of carbonyl (C=O) groups excluding carboxylic acids is 3. The van der Waals surface area contributed by atoms with E-state index in [1.54, 1.807) is 19.2 Å². The molecule has 2 aromatic heterocycles. The number of ether oxygens (including phenoxy) is 2. The van der Waals surface area contributed by atoms with Crippen LogP contribution < -0.4 is 21.7 Å². The number of nitrogen functional groups attached to an aromatic ring is 2. The Hall–Kier alpha value is -6.59. The van der Waals surface area contributed by atoms with Gasteiger partial charge in [0.15, 0.2) is 17.0 Å². The molecule has 5 N–H and O–H groups in total. The maximum Gasteiger partial charge on any atom is 0.330 e. The van der Waals surface area contributed by atoms with Gasteiger partial charge in [0.25, 0.3) is 18.1 Å². The minimum absolute atomic E-state index is 0.0168. The van der Waals surface area contributed by atoms with E-state index in [0.717, 1.165) is 0 Å². The van der Waals surface area contributed by atoms with Gasteiger partial charge < -0.3 is 31.2 Å². The molecule has 1 amide bonds. The smallest absolute Gasteiger partial charge is 0.330 e. The molecule has 0 unspecified atom stereocenters. The number of benzene rings is 1. The molecule has 1 atom stereocenters. The number of aromatic nitrogens is 4. The van der Waals surface area contributed by atoms with Crippen LogP contribution in [-0.4, -0.2) is 63.1 Å². The monoisotopic (exact) mass is 582 g/mol. The number of anilines is 3. The maximum absolute atomic E-state index is 12.9. The van der Waals surface area contributed by atoms with Crippen molar-refractivity contribution in [1.82, 2.24) is 25.3 Å². The molecule has 0 radical (unpaired) electrons. The first kappa shape index (κ1) is 30.9. The van der Waals surface area contributed by atoms with Gasteiger partial charge in [-0.1, -0.05) is 0 Å². The number of nitrogens with two attached hydrogens (primary N) is 2. The van der Waals surface area contributed by atoms with Gasteiger partial charge >= 0.3 is 11.9 Å². The fourth-order valence-corrected chi connectivity index (χ4v) is 3.57. The van der Waals surface area contributed by atoms with Crippen LogP contribution in [0.4, 0.5) is 17.5 Å². The molecule has 43 heavy (non-hydrogen) atoms. The van der Waals surface area contributed by atoms with Gasteiger partial charge in [-0.2, -0.15) is 31.0 Å². The van der Waals surface area contributed by atoms with E-state index in [0.29, 0.717) is 23.4 Å². The molecule has 17 heteroatoms. The van der Waals surface area contributed by atoms with Crippen molar-refractivity contribution in [3.8, 4) is 24.3 Å². The number of amides is 1. The Morgan fingerprint density at radius 3 is 2.21 bits per heavy atom. The van der Waals surface area contributed by atoms with Crippen LogP contribution in [0, 0.1) is 45.3 Å². The standard InChI is InChI=1S/C26H22N12O5/c1-38(13-15-12-33-23-21(34-15)22(31)36-26(32)37-23)16-4-2-14(3-5-16)24(40)35-19(25(41)43-18(10-29)11-30)6-7-20(39)42-17(8-27)9-28/h2-5,12,17-19H,6-7,13H2,1H3,(H,35,40)(H4,31,32,33,36,37)/t19-/m1/s1. The summed E-state index contributed by atoms with van der Waals surface area (Å²) in [5.41, 5.74) is 13.4. The average molecular weight is 583 g/mol. The highest BCUT2D eigenvalue weighted by Crippen LogP contribution is 2.19. The molecule has 1 aromatic carbocycles. The number of carbonyl (C=O) groups is 3. The van der Waals surface area contributed by atoms with Crippen LogP contribution in [0.5, 0.6) is 0 Å². The molecule has 2 heterocycles. The Balaban J connectivity index is 1.69. The zero-order chi connectivity index (χ0) is 31.5. The predicted octanol–water partition coefficient (Wildman–Crippen LogP) is 0.0171. The van der Waals surface area contributed by atoms with Crippen LogP contribution in [-0.2, 0) is 25.6 Å². The second kappa shape index (κ2) is 14.2. The molecule has 3 rings (SSSR count). The van der Waals surface area contributed by atoms with Crippen LogP contribution in [0.15, 0.2) is 30.5 Å². The summed E-state index contributed by atoms with van der Waals surface area (Å²) in [5, 5.41) is 37.8. The SMILES string of the molecule is CN(Cc1cnc2nc(N)nc(N)c2n1)c1ccc(C(=O)N[C@H](CCC(=O)OC(C#N)C#N)C(=O)OC(C#N)C#N)cc1. The molecule has 0 spiro atoms. The van der Waals surface area contributed by atoms with E-state index in [1.165, 1.54) is 42.6 Å². The number of esters is 2. The molecule has 0 aliphatic heterocycles. The normalized spacial score (nSPS) is 11.0. The van der Waals surface area contributed by atoms with Gasteiger partial charge in [-0.3, -0.25) is 9.59 Å². The molecule has 0 aliphatic rings. The topological polar surface area (TPSA) is 284 Å². The summed E-state index contributed by atoms with van der Waals surface area (Å²) >= 11 is 0. The Morgan fingerprint density at radius 2 is 1.58 bits per heavy atom. The molecule has 0 fully saturated rings. The quantitative estimate of drug-likeness (QED) is 0.251. The lowest BCUT2D eigenvalue weighted by Crippen LogP contribution is -2.43. The lowest BCUT2D eigenvalue weighted by atomic mass is 10.1. The van der Waals surface area contributed by atoms with Crippen molar-refractivity contribution in [1.29, 1.82) is 21.0 Å². The molecule has 0 aliphatic carbocycles. The second-order valence-corrected chi connectivity index (χ2v) is 8.67.